The molecule has 0 spiro atoms. The molecule has 3 heteroatoms. The lowest BCUT2D eigenvalue weighted by Crippen LogP contribution is -2.03. The Morgan fingerprint density at radius 3 is 2.73 bits per heavy atom. The zero-order chi connectivity index (χ0) is 7.94. The molecule has 1 rings (SSSR count). The Balaban J connectivity index is 2.33. The molecule has 0 amide bonds. The number of anilines is 1. The van der Waals surface area contributed by atoms with Gasteiger partial charge in [0.15, 0.2) is 6.73 Å². The highest BCUT2D eigenvalue weighted by Gasteiger charge is 1.86. The normalized spacial score (nSPS) is 8.73. The molecule has 0 fully saturated rings. The maximum Gasteiger partial charge on any atom is 0.419 e. The van der Waals surface area contributed by atoms with Gasteiger partial charge in [0, 0.05) is 5.69 Å². The smallest absolute Gasteiger partial charge is 0.419 e. The second-order valence-corrected chi connectivity index (χ2v) is 1.91. The highest BCUT2D eigenvalue weighted by Crippen LogP contribution is 2.03. The molecular formula is C8H8NO2. The van der Waals surface area contributed by atoms with Gasteiger partial charge < -0.3 is 10.1 Å². The average Bonchev–Trinajstić information content (AvgIpc) is 2.07. The van der Waals surface area contributed by atoms with Crippen molar-refractivity contribution in [3.63, 3.8) is 0 Å². The molecule has 0 aliphatic rings. The quantitative estimate of drug-likeness (QED) is 0.516. The molecule has 0 heterocycles. The van der Waals surface area contributed by atoms with Crippen LogP contribution in [0.5, 0.6) is 0 Å². The van der Waals surface area contributed by atoms with Crippen molar-refractivity contribution in [3.05, 3.63) is 30.3 Å². The van der Waals surface area contributed by atoms with Crippen molar-refractivity contribution in [2.24, 2.45) is 0 Å². The lowest BCUT2D eigenvalue weighted by molar-refractivity contribution is 0.301. The van der Waals surface area contributed by atoms with Crippen molar-refractivity contribution >= 4 is 12.2 Å². The van der Waals surface area contributed by atoms with E-state index in [0.717, 1.165) is 5.69 Å². The summed E-state index contributed by atoms with van der Waals surface area (Å²) in [5, 5.41) is 2.86. The van der Waals surface area contributed by atoms with Gasteiger partial charge in [0.25, 0.3) is 0 Å². The van der Waals surface area contributed by atoms with E-state index in [1.807, 2.05) is 30.3 Å². The molecule has 0 unspecified atom stereocenters. The summed E-state index contributed by atoms with van der Waals surface area (Å²) in [6, 6.07) is 9.47. The topological polar surface area (TPSA) is 38.3 Å². The van der Waals surface area contributed by atoms with Crippen LogP contribution in [0.25, 0.3) is 0 Å². The summed E-state index contributed by atoms with van der Waals surface area (Å²) in [5.74, 6) is 0. The van der Waals surface area contributed by atoms with Crippen LogP contribution in [-0.4, -0.2) is 13.2 Å². The Kier molecular flexibility index (Phi) is 2.99. The van der Waals surface area contributed by atoms with Gasteiger partial charge in [-0.2, -0.15) is 0 Å². The molecule has 0 saturated carbocycles. The van der Waals surface area contributed by atoms with Gasteiger partial charge >= 0.3 is 6.47 Å². The van der Waals surface area contributed by atoms with Gasteiger partial charge in [0.1, 0.15) is 0 Å². The maximum absolute atomic E-state index is 9.61. The molecule has 11 heavy (non-hydrogen) atoms. The first-order chi connectivity index (χ1) is 5.43. The van der Waals surface area contributed by atoms with E-state index in [4.69, 9.17) is 0 Å². The standard InChI is InChI=1S/C8H8NO2/c10-7-11-6-9-8-4-2-1-3-5-8/h1-5,9H,6H2. The number of hydrogen-bond acceptors (Lipinski definition) is 3. The highest BCUT2D eigenvalue weighted by atomic mass is 16.5. The third-order valence-corrected chi connectivity index (χ3v) is 1.18. The number of ether oxygens (including phenoxy) is 1. The van der Waals surface area contributed by atoms with E-state index in [1.165, 1.54) is 6.47 Å². The second kappa shape index (κ2) is 4.33. The van der Waals surface area contributed by atoms with Crippen LogP contribution in [-0.2, 0) is 9.53 Å². The van der Waals surface area contributed by atoms with Gasteiger partial charge in [0.05, 0.1) is 0 Å². The minimum Gasteiger partial charge on any atom is -0.436 e. The number of hydrogen-bond donors (Lipinski definition) is 1. The minimum absolute atomic E-state index is 0.160. The number of nitrogens with one attached hydrogen (secondary N) is 1. The fourth-order valence-electron chi connectivity index (χ4n) is 0.705. The third-order valence-electron chi connectivity index (χ3n) is 1.18. The van der Waals surface area contributed by atoms with E-state index < -0.39 is 0 Å². The highest BCUT2D eigenvalue weighted by molar-refractivity contribution is 5.43. The molecule has 1 aromatic rings. The molecule has 0 aliphatic carbocycles. The summed E-state index contributed by atoms with van der Waals surface area (Å²) in [6.07, 6.45) is 0. The van der Waals surface area contributed by atoms with Crippen LogP contribution in [0.2, 0.25) is 0 Å². The van der Waals surface area contributed by atoms with E-state index in [1.54, 1.807) is 0 Å². The van der Waals surface area contributed by atoms with Crippen molar-refractivity contribution in [1.82, 2.24) is 0 Å². The fourth-order valence-corrected chi connectivity index (χ4v) is 0.705. The van der Waals surface area contributed by atoms with Crippen LogP contribution < -0.4 is 5.32 Å². The van der Waals surface area contributed by atoms with Crippen molar-refractivity contribution in [3.8, 4) is 0 Å². The zero-order valence-electron chi connectivity index (χ0n) is 5.91. The second-order valence-electron chi connectivity index (χ2n) is 1.91. The molecular weight excluding hydrogens is 142 g/mol. The van der Waals surface area contributed by atoms with Crippen molar-refractivity contribution in [1.29, 1.82) is 0 Å². The number of para-hydroxylation sites is 1. The van der Waals surface area contributed by atoms with Crippen molar-refractivity contribution in [2.45, 2.75) is 0 Å². The monoisotopic (exact) mass is 150 g/mol. The summed E-state index contributed by atoms with van der Waals surface area (Å²) in [5.41, 5.74) is 0.919. The van der Waals surface area contributed by atoms with E-state index in [0.29, 0.717) is 0 Å². The molecule has 1 aromatic carbocycles. The van der Waals surface area contributed by atoms with Crippen LogP contribution in [0.15, 0.2) is 30.3 Å². The predicted octanol–water partition coefficient (Wildman–Crippen LogP) is 1.14. The Hall–Kier alpha value is -1.51. The third kappa shape index (κ3) is 2.71. The van der Waals surface area contributed by atoms with Gasteiger partial charge in [-0.1, -0.05) is 18.2 Å². The van der Waals surface area contributed by atoms with Gasteiger partial charge in [0.2, 0.25) is 0 Å². The van der Waals surface area contributed by atoms with E-state index in [2.05, 4.69) is 10.1 Å². The van der Waals surface area contributed by atoms with Crippen molar-refractivity contribution < 1.29 is 9.53 Å². The summed E-state index contributed by atoms with van der Waals surface area (Å²) in [7, 11) is 0. The van der Waals surface area contributed by atoms with Crippen LogP contribution in [0.1, 0.15) is 0 Å². The van der Waals surface area contributed by atoms with E-state index >= 15 is 0 Å². The predicted molar refractivity (Wildman–Crippen MR) is 41.7 cm³/mol. The number of carbonyl (C=O) groups excluding carboxylic acids is 1. The molecule has 0 atom stereocenters. The molecule has 1 N–H and O–H groups in total. The van der Waals surface area contributed by atoms with E-state index in [9.17, 15) is 4.79 Å². The van der Waals surface area contributed by atoms with Crippen LogP contribution >= 0.6 is 0 Å². The van der Waals surface area contributed by atoms with E-state index in [-0.39, 0.29) is 6.73 Å². The van der Waals surface area contributed by atoms with Crippen molar-refractivity contribution in [2.75, 3.05) is 12.0 Å². The van der Waals surface area contributed by atoms with Gasteiger partial charge in [-0.3, -0.25) is 0 Å². The largest absolute Gasteiger partial charge is 0.436 e. The lowest BCUT2D eigenvalue weighted by atomic mass is 10.3. The molecule has 57 valence electrons. The summed E-state index contributed by atoms with van der Waals surface area (Å²) in [6.45, 7) is 1.49. The average molecular weight is 150 g/mol. The number of rotatable bonds is 4. The van der Waals surface area contributed by atoms with Gasteiger partial charge in [-0.25, -0.2) is 4.79 Å². The number of benzene rings is 1. The Labute approximate surface area is 65.0 Å². The molecule has 0 bridgehead atoms. The first-order valence-electron chi connectivity index (χ1n) is 3.21. The Morgan fingerprint density at radius 1 is 1.36 bits per heavy atom. The maximum atomic E-state index is 9.61. The first-order valence-corrected chi connectivity index (χ1v) is 3.21. The SMILES string of the molecule is O=[C]OCNc1ccccc1. The Morgan fingerprint density at radius 2 is 2.09 bits per heavy atom. The van der Waals surface area contributed by atoms with Crippen LogP contribution in [0, 0.1) is 0 Å². The van der Waals surface area contributed by atoms with Crippen LogP contribution in [0.3, 0.4) is 0 Å². The zero-order valence-corrected chi connectivity index (χ0v) is 5.91. The molecule has 0 saturated heterocycles. The summed E-state index contributed by atoms with van der Waals surface area (Å²) in [4.78, 5) is 9.61. The molecule has 3 nitrogen and oxygen atoms in total. The molecule has 0 aliphatic heterocycles. The van der Waals surface area contributed by atoms with Gasteiger partial charge in [-0.15, -0.1) is 0 Å². The van der Waals surface area contributed by atoms with Crippen LogP contribution in [0.4, 0.5) is 5.69 Å². The minimum atomic E-state index is 0.160. The fraction of sp³-hybridized carbons (Fsp3) is 0.125. The Bertz CT molecular complexity index is 211. The summed E-state index contributed by atoms with van der Waals surface area (Å²) < 4.78 is 4.32. The molecule has 0 aromatic heterocycles. The summed E-state index contributed by atoms with van der Waals surface area (Å²) >= 11 is 0. The molecule has 1 radical (unpaired) electrons. The lowest BCUT2D eigenvalue weighted by Gasteiger charge is -2.01. The van der Waals surface area contributed by atoms with Gasteiger partial charge in [-0.05, 0) is 12.1 Å². The first kappa shape index (κ1) is 7.60.